The van der Waals surface area contributed by atoms with Crippen LogP contribution in [-0.2, 0) is 28.7 Å². The van der Waals surface area contributed by atoms with E-state index in [2.05, 4.69) is 84.9 Å². The smallest absolute Gasteiger partial charge is 0.161 e. The van der Waals surface area contributed by atoms with E-state index in [0.717, 1.165) is 32.1 Å². The SMILES string of the molecule is c1ccc(CCCOC(Cc2ccccc2)OCCCc2ccccc2)cc1. The van der Waals surface area contributed by atoms with Crippen molar-refractivity contribution in [3.63, 3.8) is 0 Å². The molecule has 0 unspecified atom stereocenters. The molecule has 0 fully saturated rings. The highest BCUT2D eigenvalue weighted by atomic mass is 16.7. The molecule has 0 radical (unpaired) electrons. The maximum atomic E-state index is 6.10. The molecule has 0 aliphatic heterocycles. The fourth-order valence-electron chi connectivity index (χ4n) is 3.24. The first kappa shape index (κ1) is 20.3. The molecule has 0 aliphatic carbocycles. The highest BCUT2D eigenvalue weighted by molar-refractivity contribution is 5.16. The average Bonchev–Trinajstić information content (AvgIpc) is 2.76. The summed E-state index contributed by atoms with van der Waals surface area (Å²) in [5, 5.41) is 0. The minimum Gasteiger partial charge on any atom is -0.352 e. The lowest BCUT2D eigenvalue weighted by atomic mass is 10.1. The first-order chi connectivity index (χ1) is 13.9. The van der Waals surface area contributed by atoms with Gasteiger partial charge in [-0.2, -0.15) is 0 Å². The van der Waals surface area contributed by atoms with Crippen molar-refractivity contribution in [2.24, 2.45) is 0 Å². The molecule has 0 amide bonds. The van der Waals surface area contributed by atoms with Crippen LogP contribution >= 0.6 is 0 Å². The van der Waals surface area contributed by atoms with E-state index in [4.69, 9.17) is 9.47 Å². The van der Waals surface area contributed by atoms with Crippen LogP contribution in [-0.4, -0.2) is 19.5 Å². The van der Waals surface area contributed by atoms with Crippen molar-refractivity contribution in [1.82, 2.24) is 0 Å². The summed E-state index contributed by atoms with van der Waals surface area (Å²) in [5.74, 6) is 0. The monoisotopic (exact) mass is 374 g/mol. The standard InChI is InChI=1S/C26H30O2/c1-4-12-23(13-5-1)18-10-20-27-26(22-25-16-8-3-9-17-25)28-21-11-19-24-14-6-2-7-15-24/h1-9,12-17,26H,10-11,18-22H2. The van der Waals surface area contributed by atoms with Crippen LogP contribution < -0.4 is 0 Å². The maximum Gasteiger partial charge on any atom is 0.161 e. The molecule has 3 aromatic carbocycles. The van der Waals surface area contributed by atoms with Crippen LogP contribution in [0.25, 0.3) is 0 Å². The van der Waals surface area contributed by atoms with Gasteiger partial charge in [-0.1, -0.05) is 91.0 Å². The van der Waals surface area contributed by atoms with Crippen LogP contribution in [0.3, 0.4) is 0 Å². The lowest BCUT2D eigenvalue weighted by Gasteiger charge is -2.19. The number of benzene rings is 3. The molecule has 3 aromatic rings. The summed E-state index contributed by atoms with van der Waals surface area (Å²) in [6.45, 7) is 1.43. The molecule has 28 heavy (non-hydrogen) atoms. The third kappa shape index (κ3) is 7.67. The van der Waals surface area contributed by atoms with Crippen molar-refractivity contribution in [2.45, 2.75) is 38.4 Å². The van der Waals surface area contributed by atoms with E-state index in [1.54, 1.807) is 0 Å². The fraction of sp³-hybridized carbons (Fsp3) is 0.308. The summed E-state index contributed by atoms with van der Waals surface area (Å²) in [6.07, 6.45) is 4.68. The summed E-state index contributed by atoms with van der Waals surface area (Å²) < 4.78 is 12.2. The van der Waals surface area contributed by atoms with Gasteiger partial charge in [0.1, 0.15) is 0 Å². The van der Waals surface area contributed by atoms with Gasteiger partial charge in [0.2, 0.25) is 0 Å². The minimum absolute atomic E-state index is 0.186. The molecule has 146 valence electrons. The Morgan fingerprint density at radius 2 is 0.893 bits per heavy atom. The van der Waals surface area contributed by atoms with Crippen LogP contribution in [0, 0.1) is 0 Å². The fourth-order valence-corrected chi connectivity index (χ4v) is 3.24. The molecule has 0 saturated heterocycles. The van der Waals surface area contributed by atoms with Crippen LogP contribution in [0.2, 0.25) is 0 Å². The zero-order valence-electron chi connectivity index (χ0n) is 16.5. The number of hydrogen-bond acceptors (Lipinski definition) is 2. The number of aryl methyl sites for hydroxylation is 2. The van der Waals surface area contributed by atoms with E-state index in [9.17, 15) is 0 Å². The zero-order chi connectivity index (χ0) is 19.3. The molecule has 0 saturated carbocycles. The second-order valence-electron chi connectivity index (χ2n) is 7.04. The van der Waals surface area contributed by atoms with Gasteiger partial charge in [-0.05, 0) is 42.4 Å². The highest BCUT2D eigenvalue weighted by Crippen LogP contribution is 2.11. The van der Waals surface area contributed by atoms with E-state index < -0.39 is 0 Å². The average molecular weight is 375 g/mol. The molecule has 0 bridgehead atoms. The van der Waals surface area contributed by atoms with E-state index in [1.165, 1.54) is 16.7 Å². The molecule has 0 spiro atoms. The Morgan fingerprint density at radius 3 is 1.32 bits per heavy atom. The highest BCUT2D eigenvalue weighted by Gasteiger charge is 2.11. The van der Waals surface area contributed by atoms with Crippen molar-refractivity contribution in [2.75, 3.05) is 13.2 Å². The van der Waals surface area contributed by atoms with Crippen LogP contribution in [0.4, 0.5) is 0 Å². The Morgan fingerprint density at radius 1 is 0.500 bits per heavy atom. The van der Waals surface area contributed by atoms with Gasteiger partial charge in [-0.15, -0.1) is 0 Å². The van der Waals surface area contributed by atoms with Gasteiger partial charge >= 0.3 is 0 Å². The summed E-state index contributed by atoms with van der Waals surface area (Å²) in [6, 6.07) is 31.6. The van der Waals surface area contributed by atoms with Crippen LogP contribution in [0.1, 0.15) is 29.5 Å². The Hall–Kier alpha value is -2.42. The summed E-state index contributed by atoms with van der Waals surface area (Å²) in [5.41, 5.74) is 3.96. The molecule has 2 heteroatoms. The first-order valence-corrected chi connectivity index (χ1v) is 10.2. The van der Waals surface area contributed by atoms with Gasteiger partial charge in [0, 0.05) is 6.42 Å². The van der Waals surface area contributed by atoms with Gasteiger partial charge in [-0.25, -0.2) is 0 Å². The Labute approximate surface area is 169 Å². The first-order valence-electron chi connectivity index (χ1n) is 10.2. The molecule has 3 rings (SSSR count). The maximum absolute atomic E-state index is 6.10. The van der Waals surface area contributed by atoms with Gasteiger partial charge in [0.25, 0.3) is 0 Å². The second-order valence-corrected chi connectivity index (χ2v) is 7.04. The summed E-state index contributed by atoms with van der Waals surface area (Å²) in [4.78, 5) is 0. The van der Waals surface area contributed by atoms with Gasteiger partial charge in [0.15, 0.2) is 6.29 Å². The predicted octanol–water partition coefficient (Wildman–Crippen LogP) is 5.85. The lowest BCUT2D eigenvalue weighted by Crippen LogP contribution is -2.22. The largest absolute Gasteiger partial charge is 0.352 e. The third-order valence-corrected chi connectivity index (χ3v) is 4.76. The minimum atomic E-state index is -0.186. The number of ether oxygens (including phenoxy) is 2. The van der Waals surface area contributed by atoms with Gasteiger partial charge < -0.3 is 9.47 Å². The zero-order valence-corrected chi connectivity index (χ0v) is 16.5. The molecule has 0 aromatic heterocycles. The third-order valence-electron chi connectivity index (χ3n) is 4.76. The van der Waals surface area contributed by atoms with E-state index in [1.807, 2.05) is 6.07 Å². The molecule has 0 aliphatic rings. The van der Waals surface area contributed by atoms with Crippen molar-refractivity contribution in [3.05, 3.63) is 108 Å². The Balaban J connectivity index is 1.42. The van der Waals surface area contributed by atoms with Crippen molar-refractivity contribution < 1.29 is 9.47 Å². The normalized spacial score (nSPS) is 11.0. The predicted molar refractivity (Wildman–Crippen MR) is 115 cm³/mol. The molecular weight excluding hydrogens is 344 g/mol. The summed E-state index contributed by atoms with van der Waals surface area (Å²) in [7, 11) is 0. The van der Waals surface area contributed by atoms with Gasteiger partial charge in [-0.3, -0.25) is 0 Å². The van der Waals surface area contributed by atoms with Crippen LogP contribution in [0.5, 0.6) is 0 Å². The molecule has 0 heterocycles. The van der Waals surface area contributed by atoms with Crippen molar-refractivity contribution in [3.8, 4) is 0 Å². The number of rotatable bonds is 12. The lowest BCUT2D eigenvalue weighted by molar-refractivity contribution is -0.142. The van der Waals surface area contributed by atoms with Crippen molar-refractivity contribution >= 4 is 0 Å². The number of hydrogen-bond donors (Lipinski definition) is 0. The van der Waals surface area contributed by atoms with Crippen LogP contribution in [0.15, 0.2) is 91.0 Å². The van der Waals surface area contributed by atoms with Gasteiger partial charge in [0.05, 0.1) is 13.2 Å². The Kier molecular flexibility index (Phi) is 8.79. The molecular formula is C26H30O2. The van der Waals surface area contributed by atoms with E-state index in [-0.39, 0.29) is 6.29 Å². The quantitative estimate of drug-likeness (QED) is 0.292. The second kappa shape index (κ2) is 12.1. The van der Waals surface area contributed by atoms with Crippen molar-refractivity contribution in [1.29, 1.82) is 0 Å². The van der Waals surface area contributed by atoms with E-state index in [0.29, 0.717) is 13.2 Å². The summed E-state index contributed by atoms with van der Waals surface area (Å²) >= 11 is 0. The molecule has 2 nitrogen and oxygen atoms in total. The molecule has 0 N–H and O–H groups in total. The van der Waals surface area contributed by atoms with E-state index >= 15 is 0 Å². The topological polar surface area (TPSA) is 18.5 Å². The molecule has 0 atom stereocenters. The Bertz CT molecular complexity index is 709.